The molecule has 0 bridgehead atoms. The largest absolute Gasteiger partial charge is 0.265 e. The lowest BCUT2D eigenvalue weighted by Gasteiger charge is -1.97. The Morgan fingerprint density at radius 1 is 0.889 bits per heavy atom. The molecule has 18 heavy (non-hydrogen) atoms. The van der Waals surface area contributed by atoms with Crippen LogP contribution in [0.1, 0.15) is 11.1 Å². The molecule has 0 aliphatic carbocycles. The van der Waals surface area contributed by atoms with Crippen molar-refractivity contribution >= 4 is 30.4 Å². The second kappa shape index (κ2) is 5.73. The highest BCUT2D eigenvalue weighted by Crippen LogP contribution is 2.18. The second-order valence-corrected chi connectivity index (χ2v) is 3.81. The summed E-state index contributed by atoms with van der Waals surface area (Å²) < 4.78 is 0. The van der Waals surface area contributed by atoms with Crippen LogP contribution in [-0.4, -0.2) is 12.9 Å². The van der Waals surface area contributed by atoms with Crippen molar-refractivity contribution in [3.8, 4) is 0 Å². The Labute approximate surface area is 107 Å². The van der Waals surface area contributed by atoms with Gasteiger partial charge in [-0.2, -0.15) is 0 Å². The molecule has 0 saturated heterocycles. The van der Waals surface area contributed by atoms with E-state index < -0.39 is 0 Å². The van der Waals surface area contributed by atoms with E-state index in [1.807, 2.05) is 60.8 Å². The van der Waals surface area contributed by atoms with Gasteiger partial charge in [-0.1, -0.05) is 30.9 Å². The van der Waals surface area contributed by atoms with Crippen LogP contribution >= 0.6 is 0 Å². The predicted octanol–water partition coefficient (Wildman–Crippen LogP) is 4.41. The Kier molecular flexibility index (Phi) is 3.82. The summed E-state index contributed by atoms with van der Waals surface area (Å²) in [5, 5.41) is 0. The van der Waals surface area contributed by atoms with Gasteiger partial charge >= 0.3 is 0 Å². The number of rotatable bonds is 4. The van der Waals surface area contributed by atoms with E-state index in [1.54, 1.807) is 0 Å². The summed E-state index contributed by atoms with van der Waals surface area (Å²) in [6.45, 7) is 7.22. The molecule has 0 spiro atoms. The van der Waals surface area contributed by atoms with Gasteiger partial charge in [0.15, 0.2) is 0 Å². The van der Waals surface area contributed by atoms with Crippen LogP contribution in [-0.2, 0) is 0 Å². The predicted molar refractivity (Wildman–Crippen MR) is 79.4 cm³/mol. The number of aliphatic imine (C=N–C) groups is 2. The molecule has 0 heterocycles. The highest BCUT2D eigenvalue weighted by molar-refractivity contribution is 5.83. The minimum atomic E-state index is 0.850. The molecule has 2 aromatic carbocycles. The molecule has 0 aliphatic heterocycles. The Bertz CT molecular complexity index is 580. The number of benzene rings is 2. The first-order valence-electron chi connectivity index (χ1n) is 5.65. The summed E-state index contributed by atoms with van der Waals surface area (Å²) in [5.41, 5.74) is 3.89. The van der Waals surface area contributed by atoms with Crippen LogP contribution < -0.4 is 0 Å². The van der Waals surface area contributed by atoms with E-state index in [9.17, 15) is 0 Å². The number of hydrogen-bond donors (Lipinski definition) is 0. The summed E-state index contributed by atoms with van der Waals surface area (Å²) >= 11 is 0. The molecule has 2 rings (SSSR count). The summed E-state index contributed by atoms with van der Waals surface area (Å²) in [7, 11) is 0. The van der Waals surface area contributed by atoms with Crippen molar-refractivity contribution in [2.45, 2.75) is 0 Å². The number of nitrogens with zero attached hydrogens (tertiary/aromatic N) is 2. The average Bonchev–Trinajstić information content (AvgIpc) is 2.46. The van der Waals surface area contributed by atoms with Gasteiger partial charge in [0.05, 0.1) is 11.4 Å². The molecule has 0 saturated carbocycles. The molecule has 0 amide bonds. The monoisotopic (exact) mass is 234 g/mol. The van der Waals surface area contributed by atoms with Gasteiger partial charge in [0.25, 0.3) is 0 Å². The summed E-state index contributed by atoms with van der Waals surface area (Å²) in [4.78, 5) is 8.25. The Morgan fingerprint density at radius 3 is 2.22 bits per heavy atom. The molecule has 0 unspecified atom stereocenters. The SMILES string of the molecule is C=Cc1cccc(C=Nc2ccc(N=C)cc2)c1. The second-order valence-electron chi connectivity index (χ2n) is 3.81. The minimum absolute atomic E-state index is 0.850. The van der Waals surface area contributed by atoms with Gasteiger partial charge in [-0.05, 0) is 48.2 Å². The molecule has 0 fully saturated rings. The third-order valence-corrected chi connectivity index (χ3v) is 2.54. The van der Waals surface area contributed by atoms with Crippen LogP contribution in [0.5, 0.6) is 0 Å². The zero-order valence-electron chi connectivity index (χ0n) is 10.1. The summed E-state index contributed by atoms with van der Waals surface area (Å²) in [6, 6.07) is 15.7. The lowest BCUT2D eigenvalue weighted by atomic mass is 10.1. The van der Waals surface area contributed by atoms with Crippen LogP contribution in [0.2, 0.25) is 0 Å². The fourth-order valence-corrected chi connectivity index (χ4v) is 1.56. The van der Waals surface area contributed by atoms with E-state index in [2.05, 4.69) is 23.3 Å². The molecule has 88 valence electrons. The van der Waals surface area contributed by atoms with Crippen molar-refractivity contribution in [1.82, 2.24) is 0 Å². The third kappa shape index (κ3) is 3.01. The van der Waals surface area contributed by atoms with Gasteiger partial charge in [0.1, 0.15) is 0 Å². The zero-order valence-corrected chi connectivity index (χ0v) is 10.1. The number of hydrogen-bond acceptors (Lipinski definition) is 2. The topological polar surface area (TPSA) is 24.7 Å². The van der Waals surface area contributed by atoms with Crippen molar-refractivity contribution < 1.29 is 0 Å². The molecule has 2 heteroatoms. The van der Waals surface area contributed by atoms with Crippen LogP contribution in [0.4, 0.5) is 11.4 Å². The Morgan fingerprint density at radius 2 is 1.56 bits per heavy atom. The van der Waals surface area contributed by atoms with Crippen LogP contribution in [0.3, 0.4) is 0 Å². The lowest BCUT2D eigenvalue weighted by Crippen LogP contribution is -1.81. The van der Waals surface area contributed by atoms with Crippen molar-refractivity contribution in [1.29, 1.82) is 0 Å². The Hall–Kier alpha value is -2.48. The van der Waals surface area contributed by atoms with Gasteiger partial charge in [-0.25, -0.2) is 0 Å². The molecule has 0 radical (unpaired) electrons. The van der Waals surface area contributed by atoms with E-state index >= 15 is 0 Å². The van der Waals surface area contributed by atoms with Gasteiger partial charge in [-0.15, -0.1) is 0 Å². The van der Waals surface area contributed by atoms with Gasteiger partial charge in [0.2, 0.25) is 0 Å². The first kappa shape index (κ1) is 12.0. The van der Waals surface area contributed by atoms with E-state index in [-0.39, 0.29) is 0 Å². The van der Waals surface area contributed by atoms with E-state index in [0.717, 1.165) is 22.5 Å². The minimum Gasteiger partial charge on any atom is -0.265 e. The molecular formula is C16H14N2. The van der Waals surface area contributed by atoms with Gasteiger partial charge < -0.3 is 0 Å². The first-order chi connectivity index (χ1) is 8.81. The van der Waals surface area contributed by atoms with Crippen LogP contribution in [0.25, 0.3) is 6.08 Å². The molecule has 0 aromatic heterocycles. The quantitative estimate of drug-likeness (QED) is 0.700. The van der Waals surface area contributed by atoms with Crippen molar-refractivity contribution in [2.24, 2.45) is 9.98 Å². The van der Waals surface area contributed by atoms with E-state index in [4.69, 9.17) is 0 Å². The van der Waals surface area contributed by atoms with Crippen molar-refractivity contribution in [3.63, 3.8) is 0 Å². The summed E-state index contributed by atoms with van der Waals surface area (Å²) in [5.74, 6) is 0. The molecule has 2 aromatic rings. The maximum atomic E-state index is 4.41. The standard InChI is InChI=1S/C16H14N2/c1-3-13-5-4-6-14(11-13)12-18-16-9-7-15(17-2)8-10-16/h3-12H,1-2H2. The average molecular weight is 234 g/mol. The van der Waals surface area contributed by atoms with Gasteiger partial charge in [-0.3, -0.25) is 9.98 Å². The first-order valence-corrected chi connectivity index (χ1v) is 5.65. The highest BCUT2D eigenvalue weighted by atomic mass is 14.7. The fraction of sp³-hybridized carbons (Fsp3) is 0. The Balaban J connectivity index is 2.18. The maximum absolute atomic E-state index is 4.41. The van der Waals surface area contributed by atoms with Crippen molar-refractivity contribution in [3.05, 3.63) is 66.2 Å². The van der Waals surface area contributed by atoms with Crippen molar-refractivity contribution in [2.75, 3.05) is 0 Å². The molecule has 2 nitrogen and oxygen atoms in total. The molecule has 0 N–H and O–H groups in total. The maximum Gasteiger partial charge on any atom is 0.0631 e. The fourth-order valence-electron chi connectivity index (χ4n) is 1.56. The van der Waals surface area contributed by atoms with Crippen LogP contribution in [0.15, 0.2) is 65.1 Å². The van der Waals surface area contributed by atoms with Crippen LogP contribution in [0, 0.1) is 0 Å². The van der Waals surface area contributed by atoms with E-state index in [1.165, 1.54) is 0 Å². The normalized spacial score (nSPS) is 10.4. The molecule has 0 atom stereocenters. The van der Waals surface area contributed by atoms with E-state index in [0.29, 0.717) is 0 Å². The smallest absolute Gasteiger partial charge is 0.0631 e. The summed E-state index contributed by atoms with van der Waals surface area (Å²) in [6.07, 6.45) is 3.66. The highest BCUT2D eigenvalue weighted by Gasteiger charge is 1.91. The zero-order chi connectivity index (χ0) is 12.8. The van der Waals surface area contributed by atoms with Gasteiger partial charge in [0, 0.05) is 6.21 Å². The lowest BCUT2D eigenvalue weighted by molar-refractivity contribution is 1.49. The molecule has 0 aliphatic rings. The third-order valence-electron chi connectivity index (χ3n) is 2.54. The molecular weight excluding hydrogens is 220 g/mol.